The maximum absolute atomic E-state index is 13.6. The summed E-state index contributed by atoms with van der Waals surface area (Å²) < 4.78 is 125. The monoisotopic (exact) mass is 392 g/mol. The van der Waals surface area contributed by atoms with Gasteiger partial charge in [-0.2, -0.15) is 39.5 Å². The predicted octanol–water partition coefficient (Wildman–Crippen LogP) is 5.76. The summed E-state index contributed by atoms with van der Waals surface area (Å²) in [6.07, 6.45) is -18.2. The van der Waals surface area contributed by atoms with Crippen molar-refractivity contribution in [2.24, 2.45) is 0 Å². The zero-order valence-corrected chi connectivity index (χ0v) is 11.0. The van der Waals surface area contributed by atoms with Crippen molar-refractivity contribution in [3.05, 3.63) is 33.8 Å². The Labute approximate surface area is 118 Å². The van der Waals surface area contributed by atoms with Crippen LogP contribution in [0.3, 0.4) is 0 Å². The third kappa shape index (κ3) is 3.11. The molecular weight excluding hydrogens is 390 g/mol. The lowest BCUT2D eigenvalue weighted by Crippen LogP contribution is -2.50. The maximum atomic E-state index is 13.6. The van der Waals surface area contributed by atoms with E-state index in [0.29, 0.717) is 0 Å². The second-order valence-electron chi connectivity index (χ2n) is 3.85. The summed E-state index contributed by atoms with van der Waals surface area (Å²) in [4.78, 5) is 0. The Hall–Kier alpha value is -1.00. The van der Waals surface area contributed by atoms with Gasteiger partial charge in [-0.05, 0) is 12.1 Å². The predicted molar refractivity (Wildman–Crippen MR) is 54.0 cm³/mol. The van der Waals surface area contributed by atoms with Crippen molar-refractivity contribution in [1.29, 1.82) is 0 Å². The summed E-state index contributed by atoms with van der Waals surface area (Å²) >= 11 is 2.33. The Morgan fingerprint density at radius 1 is 0.714 bits per heavy atom. The van der Waals surface area contributed by atoms with Crippen LogP contribution < -0.4 is 0 Å². The molecule has 0 saturated carbocycles. The van der Waals surface area contributed by atoms with E-state index < -0.39 is 45.9 Å². The van der Waals surface area contributed by atoms with E-state index in [2.05, 4.69) is 15.9 Å². The molecule has 0 aliphatic carbocycles. The Bertz CT molecular complexity index is 510. The fourth-order valence-electron chi connectivity index (χ4n) is 1.44. The second kappa shape index (κ2) is 5.03. The van der Waals surface area contributed by atoms with E-state index in [0.717, 1.165) is 0 Å². The van der Waals surface area contributed by atoms with Crippen LogP contribution in [0, 0.1) is 0 Å². The van der Waals surface area contributed by atoms with Gasteiger partial charge < -0.3 is 0 Å². The number of rotatable bonds is 1. The maximum Gasteiger partial charge on any atom is 0.435 e. The minimum atomic E-state index is -6.47. The fourth-order valence-corrected chi connectivity index (χ4v) is 1.92. The molecule has 0 unspecified atom stereocenters. The first kappa shape index (κ1) is 18.1. The normalized spacial score (nSPS) is 14.4. The number of hydrogen-bond donors (Lipinski definition) is 0. The highest BCUT2D eigenvalue weighted by molar-refractivity contribution is 9.10. The highest BCUT2D eigenvalue weighted by atomic mass is 79.9. The first-order valence-corrected chi connectivity index (χ1v) is 5.61. The van der Waals surface area contributed by atoms with Crippen LogP contribution >= 0.6 is 15.9 Å². The molecule has 0 aliphatic heterocycles. The van der Waals surface area contributed by atoms with Crippen LogP contribution in [0.25, 0.3) is 0 Å². The van der Waals surface area contributed by atoms with Crippen molar-refractivity contribution in [3.63, 3.8) is 0 Å². The van der Waals surface area contributed by atoms with Gasteiger partial charge in [-0.15, -0.1) is 0 Å². The molecular formula is C10H3BrF10. The van der Waals surface area contributed by atoms with Gasteiger partial charge in [0, 0.05) is 10.0 Å². The molecule has 0 fully saturated rings. The SMILES string of the molecule is FC(F)(F)c1cc(C(F)(C(F)(F)F)C(F)(F)F)ccc1Br. The van der Waals surface area contributed by atoms with Gasteiger partial charge in [-0.1, -0.05) is 22.0 Å². The van der Waals surface area contributed by atoms with Crippen molar-refractivity contribution in [2.45, 2.75) is 24.2 Å². The molecule has 0 nitrogen and oxygen atoms in total. The highest BCUT2D eigenvalue weighted by Gasteiger charge is 2.73. The summed E-state index contributed by atoms with van der Waals surface area (Å²) in [7, 11) is 0. The van der Waals surface area contributed by atoms with Crippen molar-refractivity contribution < 1.29 is 43.9 Å². The third-order valence-corrected chi connectivity index (χ3v) is 3.14. The van der Waals surface area contributed by atoms with E-state index >= 15 is 0 Å². The van der Waals surface area contributed by atoms with Gasteiger partial charge in [0.15, 0.2) is 0 Å². The van der Waals surface area contributed by atoms with E-state index in [9.17, 15) is 43.9 Å². The summed E-state index contributed by atoms with van der Waals surface area (Å²) in [6.45, 7) is 0. The van der Waals surface area contributed by atoms with Gasteiger partial charge in [0.1, 0.15) is 0 Å². The molecule has 0 radical (unpaired) electrons. The Morgan fingerprint density at radius 3 is 1.48 bits per heavy atom. The molecule has 0 atom stereocenters. The molecule has 21 heavy (non-hydrogen) atoms. The second-order valence-corrected chi connectivity index (χ2v) is 4.70. The van der Waals surface area contributed by atoms with Crippen LogP contribution in [0.4, 0.5) is 43.9 Å². The Balaban J connectivity index is 3.64. The van der Waals surface area contributed by atoms with Crippen molar-refractivity contribution in [3.8, 4) is 0 Å². The minimum absolute atomic E-state index is 0.0136. The smallest absolute Gasteiger partial charge is 0.218 e. The van der Waals surface area contributed by atoms with E-state index in [-0.39, 0.29) is 12.1 Å². The van der Waals surface area contributed by atoms with Gasteiger partial charge >= 0.3 is 24.2 Å². The summed E-state index contributed by atoms with van der Waals surface area (Å²) in [5, 5.41) is 0. The largest absolute Gasteiger partial charge is 0.435 e. The van der Waals surface area contributed by atoms with Crippen molar-refractivity contribution in [1.82, 2.24) is 0 Å². The molecule has 1 rings (SSSR count). The van der Waals surface area contributed by atoms with Crippen LogP contribution in [0.2, 0.25) is 0 Å². The fraction of sp³-hybridized carbons (Fsp3) is 0.400. The van der Waals surface area contributed by atoms with Crippen LogP contribution in [-0.2, 0) is 11.8 Å². The lowest BCUT2D eigenvalue weighted by Gasteiger charge is -2.30. The van der Waals surface area contributed by atoms with Crippen LogP contribution in [0.5, 0.6) is 0 Å². The van der Waals surface area contributed by atoms with E-state index in [1.165, 1.54) is 0 Å². The average molecular weight is 393 g/mol. The number of benzene rings is 1. The Kier molecular flexibility index (Phi) is 4.32. The average Bonchev–Trinajstić information content (AvgIpc) is 2.23. The summed E-state index contributed by atoms with van der Waals surface area (Å²) in [5.74, 6) is 0. The molecule has 0 aliphatic rings. The van der Waals surface area contributed by atoms with E-state index in [1.807, 2.05) is 0 Å². The van der Waals surface area contributed by atoms with Gasteiger partial charge in [-0.3, -0.25) is 0 Å². The molecule has 1 aromatic rings. The molecule has 0 bridgehead atoms. The van der Waals surface area contributed by atoms with Gasteiger partial charge in [-0.25, -0.2) is 4.39 Å². The molecule has 0 N–H and O–H groups in total. The topological polar surface area (TPSA) is 0 Å². The number of halogens is 11. The van der Waals surface area contributed by atoms with Gasteiger partial charge in [0.05, 0.1) is 5.56 Å². The molecule has 0 heterocycles. The van der Waals surface area contributed by atoms with Gasteiger partial charge in [0.2, 0.25) is 0 Å². The zero-order valence-electron chi connectivity index (χ0n) is 9.39. The van der Waals surface area contributed by atoms with E-state index in [1.54, 1.807) is 0 Å². The van der Waals surface area contributed by atoms with Crippen LogP contribution in [-0.4, -0.2) is 12.4 Å². The van der Waals surface area contributed by atoms with Crippen LogP contribution in [0.1, 0.15) is 11.1 Å². The quantitative estimate of drug-likeness (QED) is 0.533. The molecule has 11 heteroatoms. The third-order valence-electron chi connectivity index (χ3n) is 2.45. The molecule has 0 spiro atoms. The molecule has 120 valence electrons. The summed E-state index contributed by atoms with van der Waals surface area (Å²) in [6, 6.07) is -0.269. The Morgan fingerprint density at radius 2 is 1.14 bits per heavy atom. The number of hydrogen-bond acceptors (Lipinski definition) is 0. The standard InChI is InChI=1S/C10H3BrF10/c11-6-2-1-4(3-5(6)8(13,14)15)7(12,9(16,17)18)10(19,20)21/h1-3H. The van der Waals surface area contributed by atoms with Crippen molar-refractivity contribution >= 4 is 15.9 Å². The van der Waals surface area contributed by atoms with E-state index in [4.69, 9.17) is 0 Å². The molecule has 0 amide bonds. The van der Waals surface area contributed by atoms with Crippen LogP contribution in [0.15, 0.2) is 22.7 Å². The number of alkyl halides is 10. The highest BCUT2D eigenvalue weighted by Crippen LogP contribution is 2.54. The molecule has 1 aromatic carbocycles. The van der Waals surface area contributed by atoms with Gasteiger partial charge in [0.25, 0.3) is 0 Å². The minimum Gasteiger partial charge on any atom is -0.218 e. The first-order chi connectivity index (χ1) is 9.12. The summed E-state index contributed by atoms with van der Waals surface area (Å²) in [5.41, 5.74) is -9.95. The lowest BCUT2D eigenvalue weighted by atomic mass is 9.92. The molecule has 0 saturated heterocycles. The molecule has 0 aromatic heterocycles. The zero-order chi connectivity index (χ0) is 16.9. The lowest BCUT2D eigenvalue weighted by molar-refractivity contribution is -0.348. The van der Waals surface area contributed by atoms with Crippen molar-refractivity contribution in [2.75, 3.05) is 0 Å². The first-order valence-electron chi connectivity index (χ1n) is 4.82.